The number of anilines is 1. The minimum absolute atomic E-state index is 0.272. The Morgan fingerprint density at radius 1 is 1.27 bits per heavy atom. The van der Waals surface area contributed by atoms with Crippen molar-refractivity contribution in [3.63, 3.8) is 0 Å². The highest BCUT2D eigenvalue weighted by atomic mass is 35.5. The van der Waals surface area contributed by atoms with E-state index in [-0.39, 0.29) is 22.3 Å². The summed E-state index contributed by atoms with van der Waals surface area (Å²) in [6, 6.07) is 4.76. The van der Waals surface area contributed by atoms with Gasteiger partial charge >= 0.3 is 0 Å². The molecular weight excluding hydrogens is 347 g/mol. The molecule has 0 aliphatic rings. The molecule has 0 saturated heterocycles. The number of hydrogen-bond donors (Lipinski definition) is 2. The molecule has 0 fully saturated rings. The van der Waals surface area contributed by atoms with Gasteiger partial charge in [0.15, 0.2) is 5.16 Å². The van der Waals surface area contributed by atoms with Gasteiger partial charge in [0, 0.05) is 15.7 Å². The number of H-pyrrole nitrogens is 1. The number of nitrogens with one attached hydrogen (secondary N) is 2. The first-order chi connectivity index (χ1) is 10.3. The molecule has 116 valence electrons. The van der Waals surface area contributed by atoms with Gasteiger partial charge in [0.25, 0.3) is 5.56 Å². The summed E-state index contributed by atoms with van der Waals surface area (Å²) in [5.41, 5.74) is 0.445. The second-order valence-electron chi connectivity index (χ2n) is 4.45. The number of benzene rings is 1. The minimum atomic E-state index is -0.495. The van der Waals surface area contributed by atoms with Crippen molar-refractivity contribution in [2.45, 2.75) is 24.3 Å². The van der Waals surface area contributed by atoms with Crippen LogP contribution < -0.4 is 10.9 Å². The second kappa shape index (κ2) is 7.13. The second-order valence-corrected chi connectivity index (χ2v) is 6.65. The van der Waals surface area contributed by atoms with Crippen LogP contribution in [0.3, 0.4) is 0 Å². The van der Waals surface area contributed by atoms with Crippen LogP contribution in [-0.4, -0.2) is 26.3 Å². The molecule has 0 radical (unpaired) electrons. The van der Waals surface area contributed by atoms with E-state index in [4.69, 9.17) is 23.2 Å². The number of carbonyl (C=O) groups is 1. The third-order valence-electron chi connectivity index (χ3n) is 2.63. The van der Waals surface area contributed by atoms with E-state index in [0.29, 0.717) is 15.7 Å². The highest BCUT2D eigenvalue weighted by Gasteiger charge is 2.17. The molecule has 1 atom stereocenters. The van der Waals surface area contributed by atoms with E-state index in [1.165, 1.54) is 0 Å². The van der Waals surface area contributed by atoms with Gasteiger partial charge in [0.05, 0.1) is 5.25 Å². The Hall–Kier alpha value is -1.57. The molecule has 1 aromatic heterocycles. The number of halogens is 2. The summed E-state index contributed by atoms with van der Waals surface area (Å²) < 4.78 is 0. The zero-order chi connectivity index (χ0) is 16.3. The SMILES string of the molecule is Cc1nnc(S[C@H](C)C(=O)Nc2cc(Cl)cc(Cl)c2)[nH]c1=O. The van der Waals surface area contributed by atoms with Crippen LogP contribution in [0.25, 0.3) is 0 Å². The van der Waals surface area contributed by atoms with E-state index in [0.717, 1.165) is 11.8 Å². The average molecular weight is 359 g/mol. The minimum Gasteiger partial charge on any atom is -0.325 e. The number of nitrogens with zero attached hydrogens (tertiary/aromatic N) is 2. The summed E-state index contributed by atoms with van der Waals surface area (Å²) in [4.78, 5) is 26.1. The van der Waals surface area contributed by atoms with Crippen LogP contribution in [0, 0.1) is 6.92 Å². The fourth-order valence-corrected chi connectivity index (χ4v) is 2.79. The molecule has 6 nitrogen and oxygen atoms in total. The molecule has 22 heavy (non-hydrogen) atoms. The number of carbonyl (C=O) groups excluding carboxylic acids is 1. The van der Waals surface area contributed by atoms with Gasteiger partial charge in [-0.25, -0.2) is 0 Å². The summed E-state index contributed by atoms with van der Waals surface area (Å²) in [7, 11) is 0. The predicted molar refractivity (Wildman–Crippen MR) is 87.8 cm³/mol. The quantitative estimate of drug-likeness (QED) is 0.820. The standard InChI is InChI=1S/C13H12Cl2N4O2S/c1-6-11(20)17-13(19-18-6)22-7(2)12(21)16-10-4-8(14)3-9(15)5-10/h3-5,7H,1-2H3,(H,16,21)(H,17,19,20)/t7-/m1/s1. The molecule has 2 rings (SSSR count). The third-order valence-corrected chi connectivity index (χ3v) is 4.04. The Balaban J connectivity index is 2.05. The molecule has 0 bridgehead atoms. The molecule has 0 aliphatic carbocycles. The van der Waals surface area contributed by atoms with Gasteiger partial charge in [-0.1, -0.05) is 35.0 Å². The molecule has 0 aliphatic heterocycles. The first kappa shape index (κ1) is 16.8. The van der Waals surface area contributed by atoms with Crippen LogP contribution in [0.1, 0.15) is 12.6 Å². The number of aromatic amines is 1. The fourth-order valence-electron chi connectivity index (χ4n) is 1.52. The lowest BCUT2D eigenvalue weighted by Crippen LogP contribution is -2.23. The van der Waals surface area contributed by atoms with Crippen LogP contribution in [0.2, 0.25) is 10.0 Å². The van der Waals surface area contributed by atoms with Crippen molar-refractivity contribution in [1.29, 1.82) is 0 Å². The highest BCUT2D eigenvalue weighted by Crippen LogP contribution is 2.24. The number of amides is 1. The molecule has 1 aromatic carbocycles. The summed E-state index contributed by atoms with van der Waals surface area (Å²) in [5.74, 6) is -0.272. The first-order valence-electron chi connectivity index (χ1n) is 6.22. The summed E-state index contributed by atoms with van der Waals surface area (Å²) >= 11 is 12.8. The maximum atomic E-state index is 12.1. The zero-order valence-electron chi connectivity index (χ0n) is 11.7. The number of hydrogen-bond acceptors (Lipinski definition) is 5. The predicted octanol–water partition coefficient (Wildman–Crippen LogP) is 2.90. The van der Waals surface area contributed by atoms with Crippen molar-refractivity contribution < 1.29 is 4.79 Å². The summed E-state index contributed by atoms with van der Waals surface area (Å²) in [6.07, 6.45) is 0. The molecule has 0 saturated carbocycles. The molecule has 0 unspecified atom stereocenters. The average Bonchev–Trinajstić information content (AvgIpc) is 2.41. The van der Waals surface area contributed by atoms with Gasteiger partial charge in [-0.05, 0) is 32.0 Å². The van der Waals surface area contributed by atoms with E-state index >= 15 is 0 Å². The smallest absolute Gasteiger partial charge is 0.273 e. The number of aromatic nitrogens is 3. The molecular formula is C13H12Cl2N4O2S. The van der Waals surface area contributed by atoms with Gasteiger partial charge in [0.1, 0.15) is 5.69 Å². The zero-order valence-corrected chi connectivity index (χ0v) is 14.0. The maximum absolute atomic E-state index is 12.1. The lowest BCUT2D eigenvalue weighted by Gasteiger charge is -2.11. The van der Waals surface area contributed by atoms with Gasteiger partial charge in [0.2, 0.25) is 5.91 Å². The van der Waals surface area contributed by atoms with Crippen molar-refractivity contribution in [2.75, 3.05) is 5.32 Å². The van der Waals surface area contributed by atoms with Gasteiger partial charge in [-0.2, -0.15) is 0 Å². The van der Waals surface area contributed by atoms with E-state index in [2.05, 4.69) is 20.5 Å². The topological polar surface area (TPSA) is 87.7 Å². The van der Waals surface area contributed by atoms with Crippen LogP contribution in [0.15, 0.2) is 28.2 Å². The number of rotatable bonds is 4. The number of thioether (sulfide) groups is 1. The molecule has 9 heteroatoms. The van der Waals surface area contributed by atoms with E-state index in [9.17, 15) is 9.59 Å². The van der Waals surface area contributed by atoms with Gasteiger partial charge in [-0.15, -0.1) is 10.2 Å². The van der Waals surface area contributed by atoms with Crippen molar-refractivity contribution in [1.82, 2.24) is 15.2 Å². The fraction of sp³-hybridized carbons (Fsp3) is 0.231. The summed E-state index contributed by atoms with van der Waals surface area (Å²) in [6.45, 7) is 3.24. The maximum Gasteiger partial charge on any atom is 0.273 e. The van der Waals surface area contributed by atoms with Crippen molar-refractivity contribution in [3.05, 3.63) is 44.3 Å². The van der Waals surface area contributed by atoms with Crippen LogP contribution in [0.5, 0.6) is 0 Å². The Morgan fingerprint density at radius 3 is 2.50 bits per heavy atom. The molecule has 2 N–H and O–H groups in total. The first-order valence-corrected chi connectivity index (χ1v) is 7.86. The highest BCUT2D eigenvalue weighted by molar-refractivity contribution is 8.00. The normalized spacial score (nSPS) is 12.0. The van der Waals surface area contributed by atoms with E-state index in [1.54, 1.807) is 32.0 Å². The lowest BCUT2D eigenvalue weighted by molar-refractivity contribution is -0.115. The number of aryl methyl sites for hydroxylation is 1. The lowest BCUT2D eigenvalue weighted by atomic mass is 10.3. The van der Waals surface area contributed by atoms with Crippen molar-refractivity contribution >= 4 is 46.6 Å². The molecule has 2 aromatic rings. The summed E-state index contributed by atoms with van der Waals surface area (Å²) in [5, 5.41) is 10.9. The van der Waals surface area contributed by atoms with Gasteiger partial charge < -0.3 is 5.32 Å². The molecule has 1 amide bonds. The molecule has 0 spiro atoms. The van der Waals surface area contributed by atoms with Crippen molar-refractivity contribution in [2.24, 2.45) is 0 Å². The molecule has 1 heterocycles. The van der Waals surface area contributed by atoms with E-state index < -0.39 is 5.25 Å². The van der Waals surface area contributed by atoms with Crippen molar-refractivity contribution in [3.8, 4) is 0 Å². The van der Waals surface area contributed by atoms with Crippen LogP contribution in [0.4, 0.5) is 5.69 Å². The Kier molecular flexibility index (Phi) is 5.44. The Labute approximate surface area is 140 Å². The monoisotopic (exact) mass is 358 g/mol. The largest absolute Gasteiger partial charge is 0.325 e. The van der Waals surface area contributed by atoms with E-state index in [1.807, 2.05) is 0 Å². The van der Waals surface area contributed by atoms with Crippen LogP contribution >= 0.6 is 35.0 Å². The van der Waals surface area contributed by atoms with Crippen LogP contribution in [-0.2, 0) is 4.79 Å². The third kappa shape index (κ3) is 4.46. The Morgan fingerprint density at radius 2 is 1.91 bits per heavy atom. The van der Waals surface area contributed by atoms with Gasteiger partial charge in [-0.3, -0.25) is 14.6 Å². The Bertz CT molecular complexity index is 746.